The van der Waals surface area contributed by atoms with Crippen molar-refractivity contribution in [2.24, 2.45) is 0 Å². The fourth-order valence-corrected chi connectivity index (χ4v) is 2.22. The lowest BCUT2D eigenvalue weighted by atomic mass is 10.2. The molecule has 1 aromatic heterocycles. The number of carbonyl (C=O) groups is 1. The summed E-state index contributed by atoms with van der Waals surface area (Å²) in [6.07, 6.45) is 0.965. The Balaban J connectivity index is 2.23. The van der Waals surface area contributed by atoms with E-state index in [0.717, 1.165) is 12.0 Å². The number of benzene rings is 1. The monoisotopic (exact) mass is 332 g/mol. The van der Waals surface area contributed by atoms with Crippen molar-refractivity contribution in [2.45, 2.75) is 40.2 Å². The number of hydrogen-bond acceptors (Lipinski definition) is 4. The van der Waals surface area contributed by atoms with Crippen LogP contribution in [0.3, 0.4) is 0 Å². The average Bonchev–Trinajstić information content (AvgIpc) is 2.51. The molecular weight excluding hydrogens is 312 g/mol. The fraction of sp³-hybridized carbons (Fsp3) is 0.353. The van der Waals surface area contributed by atoms with E-state index in [1.54, 1.807) is 25.1 Å². The highest BCUT2D eigenvalue weighted by Crippen LogP contribution is 2.23. The Labute approximate surface area is 141 Å². The highest BCUT2D eigenvalue weighted by Gasteiger charge is 2.13. The molecule has 0 spiro atoms. The molecule has 1 amide bonds. The van der Waals surface area contributed by atoms with Crippen LogP contribution in [0.4, 0.5) is 11.5 Å². The Kier molecular flexibility index (Phi) is 5.55. The van der Waals surface area contributed by atoms with Gasteiger partial charge in [0.05, 0.1) is 0 Å². The first-order valence-electron chi connectivity index (χ1n) is 7.59. The first-order chi connectivity index (χ1) is 10.9. The molecule has 1 unspecified atom stereocenters. The number of anilines is 2. The molecule has 6 heteroatoms. The second kappa shape index (κ2) is 7.42. The topological polar surface area (TPSA) is 66.9 Å². The molecule has 0 saturated heterocycles. The average molecular weight is 333 g/mol. The third kappa shape index (κ3) is 4.42. The van der Waals surface area contributed by atoms with E-state index < -0.39 is 0 Å². The van der Waals surface area contributed by atoms with Gasteiger partial charge in [0.15, 0.2) is 0 Å². The maximum absolute atomic E-state index is 12.5. The van der Waals surface area contributed by atoms with E-state index in [4.69, 9.17) is 11.6 Å². The molecule has 0 saturated carbocycles. The van der Waals surface area contributed by atoms with Gasteiger partial charge in [0.25, 0.3) is 5.91 Å². The molecule has 122 valence electrons. The Morgan fingerprint density at radius 3 is 2.74 bits per heavy atom. The van der Waals surface area contributed by atoms with Crippen molar-refractivity contribution in [2.75, 3.05) is 10.6 Å². The Bertz CT molecular complexity index is 718. The van der Waals surface area contributed by atoms with E-state index >= 15 is 0 Å². The van der Waals surface area contributed by atoms with Crippen LogP contribution in [0.1, 0.15) is 42.1 Å². The normalized spacial score (nSPS) is 11.9. The summed E-state index contributed by atoms with van der Waals surface area (Å²) in [5.41, 5.74) is 1.82. The van der Waals surface area contributed by atoms with E-state index in [-0.39, 0.29) is 11.9 Å². The highest BCUT2D eigenvalue weighted by atomic mass is 35.5. The molecule has 0 aliphatic carbocycles. The largest absolute Gasteiger partial charge is 0.368 e. The SMILES string of the molecule is CCC(C)Nc1cc(C(=O)Nc2cccc(Cl)c2C)nc(C)n1. The molecule has 0 aliphatic rings. The molecule has 0 aliphatic heterocycles. The van der Waals surface area contributed by atoms with Gasteiger partial charge < -0.3 is 10.6 Å². The Morgan fingerprint density at radius 1 is 1.30 bits per heavy atom. The van der Waals surface area contributed by atoms with Crippen LogP contribution in [0, 0.1) is 13.8 Å². The number of hydrogen-bond donors (Lipinski definition) is 2. The standard InChI is InChI=1S/C17H21ClN4O/c1-5-10(2)19-16-9-15(20-12(4)21-16)17(23)22-14-8-6-7-13(18)11(14)3/h6-10H,5H2,1-4H3,(H,22,23)(H,19,20,21). The molecule has 2 aromatic rings. The van der Waals surface area contributed by atoms with Gasteiger partial charge in [0.1, 0.15) is 17.3 Å². The predicted molar refractivity (Wildman–Crippen MR) is 94.3 cm³/mol. The van der Waals surface area contributed by atoms with Crippen LogP contribution in [0.15, 0.2) is 24.3 Å². The van der Waals surface area contributed by atoms with Crippen molar-refractivity contribution < 1.29 is 4.79 Å². The lowest BCUT2D eigenvalue weighted by molar-refractivity contribution is 0.102. The third-order valence-electron chi connectivity index (χ3n) is 3.59. The van der Waals surface area contributed by atoms with Gasteiger partial charge in [-0.15, -0.1) is 0 Å². The zero-order valence-corrected chi connectivity index (χ0v) is 14.5. The highest BCUT2D eigenvalue weighted by molar-refractivity contribution is 6.31. The number of amides is 1. The van der Waals surface area contributed by atoms with Crippen LogP contribution in [-0.4, -0.2) is 21.9 Å². The van der Waals surface area contributed by atoms with Crippen LogP contribution in [0.5, 0.6) is 0 Å². The molecule has 1 atom stereocenters. The van der Waals surface area contributed by atoms with Gasteiger partial charge in [-0.05, 0) is 44.9 Å². The van der Waals surface area contributed by atoms with E-state index in [1.807, 2.05) is 13.0 Å². The van der Waals surface area contributed by atoms with E-state index in [1.165, 1.54) is 0 Å². The predicted octanol–water partition coefficient (Wildman–Crippen LogP) is 4.21. The number of halogens is 1. The van der Waals surface area contributed by atoms with Gasteiger partial charge in [0, 0.05) is 22.8 Å². The molecule has 23 heavy (non-hydrogen) atoms. The van der Waals surface area contributed by atoms with Gasteiger partial charge in [-0.1, -0.05) is 24.6 Å². The Hall–Kier alpha value is -2.14. The lowest BCUT2D eigenvalue weighted by Gasteiger charge is -2.14. The number of nitrogens with one attached hydrogen (secondary N) is 2. The minimum absolute atomic E-state index is 0.274. The summed E-state index contributed by atoms with van der Waals surface area (Å²) in [7, 11) is 0. The first-order valence-corrected chi connectivity index (χ1v) is 7.97. The molecule has 1 heterocycles. The van der Waals surface area contributed by atoms with Crippen molar-refractivity contribution in [3.05, 3.63) is 46.4 Å². The summed E-state index contributed by atoms with van der Waals surface area (Å²) in [6.45, 7) is 7.77. The molecular formula is C17H21ClN4O. The summed E-state index contributed by atoms with van der Waals surface area (Å²) >= 11 is 6.08. The quantitative estimate of drug-likeness (QED) is 0.860. The van der Waals surface area contributed by atoms with E-state index in [2.05, 4.69) is 34.4 Å². The molecule has 0 radical (unpaired) electrons. The van der Waals surface area contributed by atoms with Crippen LogP contribution in [-0.2, 0) is 0 Å². The number of aromatic nitrogens is 2. The molecule has 0 fully saturated rings. The van der Waals surface area contributed by atoms with Crippen molar-refractivity contribution in [3.63, 3.8) is 0 Å². The minimum atomic E-state index is -0.284. The molecule has 1 aromatic carbocycles. The van der Waals surface area contributed by atoms with Crippen LogP contribution < -0.4 is 10.6 Å². The molecule has 0 bridgehead atoms. The third-order valence-corrected chi connectivity index (χ3v) is 4.00. The van der Waals surface area contributed by atoms with Gasteiger partial charge in [0.2, 0.25) is 0 Å². The number of rotatable bonds is 5. The summed E-state index contributed by atoms with van der Waals surface area (Å²) in [6, 6.07) is 7.33. The summed E-state index contributed by atoms with van der Waals surface area (Å²) in [4.78, 5) is 21.0. The molecule has 5 nitrogen and oxygen atoms in total. The van der Waals surface area contributed by atoms with Crippen LogP contribution >= 0.6 is 11.6 Å². The number of carbonyl (C=O) groups excluding carboxylic acids is 1. The van der Waals surface area contributed by atoms with Crippen molar-refractivity contribution in [1.29, 1.82) is 0 Å². The molecule has 2 N–H and O–H groups in total. The fourth-order valence-electron chi connectivity index (χ4n) is 2.04. The zero-order valence-electron chi connectivity index (χ0n) is 13.8. The maximum Gasteiger partial charge on any atom is 0.274 e. The number of aryl methyl sites for hydroxylation is 1. The summed E-state index contributed by atoms with van der Waals surface area (Å²) in [5.74, 6) is 0.916. The van der Waals surface area contributed by atoms with E-state index in [9.17, 15) is 4.79 Å². The van der Waals surface area contributed by atoms with Gasteiger partial charge >= 0.3 is 0 Å². The lowest BCUT2D eigenvalue weighted by Crippen LogP contribution is -2.19. The second-order valence-electron chi connectivity index (χ2n) is 5.51. The van der Waals surface area contributed by atoms with Crippen molar-refractivity contribution >= 4 is 29.0 Å². The van der Waals surface area contributed by atoms with Crippen LogP contribution in [0.2, 0.25) is 5.02 Å². The first kappa shape index (κ1) is 17.2. The Morgan fingerprint density at radius 2 is 2.04 bits per heavy atom. The minimum Gasteiger partial charge on any atom is -0.368 e. The number of nitrogens with zero attached hydrogens (tertiary/aromatic N) is 2. The van der Waals surface area contributed by atoms with Gasteiger partial charge in [-0.3, -0.25) is 4.79 Å². The van der Waals surface area contributed by atoms with E-state index in [0.29, 0.717) is 28.0 Å². The smallest absolute Gasteiger partial charge is 0.274 e. The van der Waals surface area contributed by atoms with Gasteiger partial charge in [-0.2, -0.15) is 0 Å². The zero-order chi connectivity index (χ0) is 17.0. The maximum atomic E-state index is 12.5. The summed E-state index contributed by atoms with van der Waals surface area (Å²) < 4.78 is 0. The van der Waals surface area contributed by atoms with Gasteiger partial charge in [-0.25, -0.2) is 9.97 Å². The van der Waals surface area contributed by atoms with Crippen molar-refractivity contribution in [1.82, 2.24) is 9.97 Å². The molecule has 2 rings (SSSR count). The second-order valence-corrected chi connectivity index (χ2v) is 5.91. The van der Waals surface area contributed by atoms with Crippen LogP contribution in [0.25, 0.3) is 0 Å². The summed E-state index contributed by atoms with van der Waals surface area (Å²) in [5, 5.41) is 6.72. The van der Waals surface area contributed by atoms with Crippen molar-refractivity contribution in [3.8, 4) is 0 Å².